The van der Waals surface area contributed by atoms with Crippen LogP contribution in [0.5, 0.6) is 5.75 Å². The molecular formula is C18H22ClNO5. The highest BCUT2D eigenvalue weighted by Gasteiger charge is 2.41. The molecule has 0 saturated carbocycles. The number of halogens is 1. The maximum Gasteiger partial charge on any atom is 0.328 e. The van der Waals surface area contributed by atoms with Gasteiger partial charge in [-0.2, -0.15) is 0 Å². The monoisotopic (exact) mass is 367 g/mol. The fourth-order valence-electron chi connectivity index (χ4n) is 2.73. The van der Waals surface area contributed by atoms with Crippen molar-refractivity contribution < 1.29 is 23.9 Å². The van der Waals surface area contributed by atoms with Crippen molar-refractivity contribution in [2.75, 3.05) is 12.0 Å². The maximum atomic E-state index is 12.9. The Labute approximate surface area is 152 Å². The van der Waals surface area contributed by atoms with Gasteiger partial charge in [0.15, 0.2) is 11.9 Å². The first-order valence-electron chi connectivity index (χ1n) is 8.08. The Bertz CT molecular complexity index is 701. The van der Waals surface area contributed by atoms with E-state index in [4.69, 9.17) is 21.1 Å². The van der Waals surface area contributed by atoms with E-state index in [0.717, 1.165) is 0 Å². The third-order valence-corrected chi connectivity index (χ3v) is 4.33. The largest absolute Gasteiger partial charge is 0.478 e. The Balaban J connectivity index is 2.57. The topological polar surface area (TPSA) is 72.9 Å². The summed E-state index contributed by atoms with van der Waals surface area (Å²) in [7, 11) is 1.26. The predicted octanol–water partition coefficient (Wildman–Crippen LogP) is 2.81. The zero-order chi connectivity index (χ0) is 18.9. The second-order valence-corrected chi connectivity index (χ2v) is 7.01. The third-order valence-electron chi connectivity index (χ3n) is 4.13. The molecule has 1 heterocycles. The molecule has 0 radical (unpaired) electrons. The van der Waals surface area contributed by atoms with E-state index in [0.29, 0.717) is 17.0 Å². The van der Waals surface area contributed by atoms with Gasteiger partial charge < -0.3 is 9.47 Å². The summed E-state index contributed by atoms with van der Waals surface area (Å²) < 4.78 is 10.6. The minimum absolute atomic E-state index is 0.0860. The summed E-state index contributed by atoms with van der Waals surface area (Å²) in [6.45, 7) is 6.88. The van der Waals surface area contributed by atoms with E-state index in [2.05, 4.69) is 0 Å². The SMILES string of the molecule is COC(=O)C(C)N1C(=O)C(C(C)C)Oc2ccc(C(=O)C(C)Cl)cc21. The number of anilines is 1. The molecule has 0 N–H and O–H groups in total. The summed E-state index contributed by atoms with van der Waals surface area (Å²) >= 11 is 5.88. The van der Waals surface area contributed by atoms with Gasteiger partial charge in [-0.15, -0.1) is 11.6 Å². The van der Waals surface area contributed by atoms with Crippen LogP contribution < -0.4 is 9.64 Å². The van der Waals surface area contributed by atoms with Gasteiger partial charge in [0.05, 0.1) is 18.2 Å². The number of fused-ring (bicyclic) bond motifs is 1. The number of Topliss-reactive ketones (excluding diaryl/α,β-unsaturated/α-hetero) is 1. The quantitative estimate of drug-likeness (QED) is 0.454. The lowest BCUT2D eigenvalue weighted by atomic mass is 10.00. The van der Waals surface area contributed by atoms with Crippen molar-refractivity contribution in [2.24, 2.45) is 5.92 Å². The normalized spacial score (nSPS) is 19.1. The van der Waals surface area contributed by atoms with Crippen LogP contribution in [0.1, 0.15) is 38.1 Å². The van der Waals surface area contributed by atoms with Gasteiger partial charge in [-0.3, -0.25) is 14.5 Å². The number of esters is 1. The lowest BCUT2D eigenvalue weighted by Gasteiger charge is -2.38. The Morgan fingerprint density at radius 3 is 2.40 bits per heavy atom. The lowest BCUT2D eigenvalue weighted by molar-refractivity contribution is -0.144. The molecule has 1 amide bonds. The number of rotatable bonds is 5. The van der Waals surface area contributed by atoms with Crippen LogP contribution in [-0.2, 0) is 14.3 Å². The van der Waals surface area contributed by atoms with E-state index in [1.54, 1.807) is 26.0 Å². The Morgan fingerprint density at radius 2 is 1.88 bits per heavy atom. The molecule has 1 aliphatic rings. The van der Waals surface area contributed by atoms with E-state index >= 15 is 0 Å². The van der Waals surface area contributed by atoms with Gasteiger partial charge >= 0.3 is 5.97 Å². The molecule has 3 unspecified atom stereocenters. The molecule has 0 aromatic heterocycles. The molecule has 6 nitrogen and oxygen atoms in total. The summed E-state index contributed by atoms with van der Waals surface area (Å²) in [5, 5.41) is -0.701. The van der Waals surface area contributed by atoms with Crippen LogP contribution in [0.4, 0.5) is 5.69 Å². The van der Waals surface area contributed by atoms with Gasteiger partial charge in [-0.1, -0.05) is 13.8 Å². The maximum absolute atomic E-state index is 12.9. The number of amides is 1. The predicted molar refractivity (Wildman–Crippen MR) is 94.3 cm³/mol. The van der Waals surface area contributed by atoms with Crippen molar-refractivity contribution in [1.29, 1.82) is 0 Å². The molecule has 136 valence electrons. The van der Waals surface area contributed by atoms with Gasteiger partial charge in [0.2, 0.25) is 0 Å². The standard InChI is InChI=1S/C18H22ClNO5/c1-9(2)16-17(22)20(11(4)18(23)24-5)13-8-12(15(21)10(3)19)6-7-14(13)25-16/h6-11,16H,1-5H3. The Morgan fingerprint density at radius 1 is 1.24 bits per heavy atom. The first kappa shape index (κ1) is 19.2. The van der Waals surface area contributed by atoms with Crippen LogP contribution in [0.25, 0.3) is 0 Å². The van der Waals surface area contributed by atoms with Gasteiger partial charge in [-0.05, 0) is 38.0 Å². The molecule has 0 aliphatic carbocycles. The van der Waals surface area contributed by atoms with Crippen LogP contribution in [0.15, 0.2) is 18.2 Å². The first-order valence-corrected chi connectivity index (χ1v) is 8.52. The summed E-state index contributed by atoms with van der Waals surface area (Å²) in [5.41, 5.74) is 0.714. The molecule has 1 aromatic rings. The van der Waals surface area contributed by atoms with Crippen LogP contribution in [0.3, 0.4) is 0 Å². The van der Waals surface area contributed by atoms with Crippen molar-refractivity contribution >= 4 is 34.9 Å². The molecule has 0 saturated heterocycles. The van der Waals surface area contributed by atoms with E-state index in [9.17, 15) is 14.4 Å². The minimum Gasteiger partial charge on any atom is -0.478 e. The number of nitrogens with zero attached hydrogens (tertiary/aromatic N) is 1. The van der Waals surface area contributed by atoms with Crippen molar-refractivity contribution in [3.8, 4) is 5.75 Å². The molecule has 1 aromatic carbocycles. The molecule has 0 bridgehead atoms. The molecule has 0 spiro atoms. The zero-order valence-corrected chi connectivity index (χ0v) is 15.7. The molecule has 2 rings (SSSR count). The number of ketones is 1. The van der Waals surface area contributed by atoms with Crippen LogP contribution >= 0.6 is 11.6 Å². The highest BCUT2D eigenvalue weighted by atomic mass is 35.5. The minimum atomic E-state index is -0.847. The summed E-state index contributed by atoms with van der Waals surface area (Å²) in [6.07, 6.45) is -0.715. The Kier molecular flexibility index (Phi) is 5.72. The number of carbonyl (C=O) groups is 3. The van der Waals surface area contributed by atoms with Crippen molar-refractivity contribution in [2.45, 2.75) is 45.2 Å². The molecule has 0 fully saturated rings. The van der Waals surface area contributed by atoms with Gasteiger partial charge in [0, 0.05) is 5.56 Å². The smallest absolute Gasteiger partial charge is 0.328 e. The van der Waals surface area contributed by atoms with Crippen LogP contribution in [0, 0.1) is 5.92 Å². The number of ether oxygens (including phenoxy) is 2. The first-order chi connectivity index (χ1) is 11.7. The van der Waals surface area contributed by atoms with E-state index in [-0.39, 0.29) is 17.6 Å². The second kappa shape index (κ2) is 7.44. The lowest BCUT2D eigenvalue weighted by Crippen LogP contribution is -2.54. The fourth-order valence-corrected chi connectivity index (χ4v) is 2.85. The molecule has 1 aliphatic heterocycles. The van der Waals surface area contributed by atoms with E-state index < -0.39 is 23.5 Å². The average Bonchev–Trinajstić information content (AvgIpc) is 2.58. The van der Waals surface area contributed by atoms with Gasteiger partial charge in [0.1, 0.15) is 11.8 Å². The number of methoxy groups -OCH3 is 1. The average molecular weight is 368 g/mol. The number of benzene rings is 1. The molecule has 3 atom stereocenters. The third kappa shape index (κ3) is 3.63. The van der Waals surface area contributed by atoms with Gasteiger partial charge in [-0.25, -0.2) is 4.79 Å². The van der Waals surface area contributed by atoms with Crippen molar-refractivity contribution in [3.05, 3.63) is 23.8 Å². The fraction of sp³-hybridized carbons (Fsp3) is 0.500. The number of carbonyl (C=O) groups excluding carboxylic acids is 3. The molecule has 25 heavy (non-hydrogen) atoms. The highest BCUT2D eigenvalue weighted by Crippen LogP contribution is 2.38. The van der Waals surface area contributed by atoms with Crippen LogP contribution in [-0.4, -0.2) is 42.3 Å². The molecular weight excluding hydrogens is 346 g/mol. The second-order valence-electron chi connectivity index (χ2n) is 6.35. The zero-order valence-electron chi connectivity index (χ0n) is 14.9. The van der Waals surface area contributed by atoms with E-state index in [1.807, 2.05) is 13.8 Å². The summed E-state index contributed by atoms with van der Waals surface area (Å²) in [6, 6.07) is 3.92. The van der Waals surface area contributed by atoms with Gasteiger partial charge in [0.25, 0.3) is 5.91 Å². The van der Waals surface area contributed by atoms with Crippen molar-refractivity contribution in [1.82, 2.24) is 0 Å². The summed E-state index contributed by atoms with van der Waals surface area (Å²) in [5.74, 6) is -0.811. The number of hydrogen-bond acceptors (Lipinski definition) is 5. The van der Waals surface area contributed by atoms with Crippen LogP contribution in [0.2, 0.25) is 0 Å². The summed E-state index contributed by atoms with van der Waals surface area (Å²) in [4.78, 5) is 38.4. The molecule has 7 heteroatoms. The highest BCUT2D eigenvalue weighted by molar-refractivity contribution is 6.33. The van der Waals surface area contributed by atoms with E-state index in [1.165, 1.54) is 18.1 Å². The number of hydrogen-bond donors (Lipinski definition) is 0. The number of alkyl halides is 1. The van der Waals surface area contributed by atoms with Crippen molar-refractivity contribution in [3.63, 3.8) is 0 Å². The Hall–Kier alpha value is -2.08.